The standard InChI is InChI=1S/C16H26N2O2.ClH/c1-12-7-8-15(10-13(12)2)20-9-5-6-16(19)18(4)14(3)11-17;/h7-8,10,14H,5-6,9,11,17H2,1-4H3;1H. The molecule has 0 fully saturated rings. The van der Waals surface area contributed by atoms with Crippen LogP contribution in [0.2, 0.25) is 0 Å². The molecule has 1 unspecified atom stereocenters. The molecule has 1 rings (SSSR count). The van der Waals surface area contributed by atoms with Gasteiger partial charge in [0.05, 0.1) is 6.61 Å². The normalized spacial score (nSPS) is 11.5. The number of hydrogen-bond donors (Lipinski definition) is 1. The van der Waals surface area contributed by atoms with Crippen LogP contribution in [0, 0.1) is 13.8 Å². The van der Waals surface area contributed by atoms with Gasteiger partial charge in [-0.2, -0.15) is 0 Å². The van der Waals surface area contributed by atoms with Crippen LogP contribution in [0.4, 0.5) is 0 Å². The van der Waals surface area contributed by atoms with Crippen molar-refractivity contribution in [3.8, 4) is 5.75 Å². The molecular weight excluding hydrogens is 288 g/mol. The molecule has 2 N–H and O–H groups in total. The second-order valence-electron chi connectivity index (χ2n) is 5.29. The van der Waals surface area contributed by atoms with Crippen molar-refractivity contribution in [3.05, 3.63) is 29.3 Å². The first-order valence-corrected chi connectivity index (χ1v) is 7.11. The summed E-state index contributed by atoms with van der Waals surface area (Å²) in [5.41, 5.74) is 8.02. The molecule has 0 saturated heterocycles. The summed E-state index contributed by atoms with van der Waals surface area (Å²) in [6, 6.07) is 6.13. The highest BCUT2D eigenvalue weighted by molar-refractivity contribution is 5.85. The van der Waals surface area contributed by atoms with Gasteiger partial charge in [0.1, 0.15) is 5.75 Å². The van der Waals surface area contributed by atoms with E-state index >= 15 is 0 Å². The summed E-state index contributed by atoms with van der Waals surface area (Å²) in [6.45, 7) is 7.13. The zero-order valence-corrected chi connectivity index (χ0v) is 14.2. The Hall–Kier alpha value is -1.26. The first kappa shape index (κ1) is 19.7. The Labute approximate surface area is 134 Å². The molecule has 4 nitrogen and oxygen atoms in total. The summed E-state index contributed by atoms with van der Waals surface area (Å²) in [7, 11) is 1.80. The predicted octanol–water partition coefficient (Wildman–Crippen LogP) is 2.69. The van der Waals surface area contributed by atoms with Gasteiger partial charge in [-0.1, -0.05) is 6.07 Å². The second kappa shape index (κ2) is 9.64. The second-order valence-corrected chi connectivity index (χ2v) is 5.29. The Morgan fingerprint density at radius 2 is 2.00 bits per heavy atom. The van der Waals surface area contributed by atoms with Crippen LogP contribution >= 0.6 is 12.4 Å². The van der Waals surface area contributed by atoms with Crippen LogP contribution in [0.25, 0.3) is 0 Å². The van der Waals surface area contributed by atoms with E-state index in [0.29, 0.717) is 26.0 Å². The Balaban J connectivity index is 0.00000400. The maximum atomic E-state index is 11.9. The quantitative estimate of drug-likeness (QED) is 0.787. The van der Waals surface area contributed by atoms with Gasteiger partial charge in [0.2, 0.25) is 5.91 Å². The highest BCUT2D eigenvalue weighted by atomic mass is 35.5. The number of amides is 1. The number of benzene rings is 1. The third-order valence-corrected chi connectivity index (χ3v) is 3.68. The van der Waals surface area contributed by atoms with Gasteiger partial charge in [-0.05, 0) is 50.5 Å². The van der Waals surface area contributed by atoms with Gasteiger partial charge in [0, 0.05) is 26.1 Å². The fourth-order valence-corrected chi connectivity index (χ4v) is 1.80. The number of aryl methyl sites for hydroxylation is 2. The highest BCUT2D eigenvalue weighted by Crippen LogP contribution is 2.16. The molecule has 1 aromatic carbocycles. The van der Waals surface area contributed by atoms with Crippen LogP contribution in [-0.2, 0) is 4.79 Å². The molecule has 0 bridgehead atoms. The number of rotatable bonds is 7. The summed E-state index contributed by atoms with van der Waals surface area (Å²) >= 11 is 0. The van der Waals surface area contributed by atoms with E-state index < -0.39 is 0 Å². The zero-order chi connectivity index (χ0) is 15.1. The number of likely N-dealkylation sites (N-methyl/N-ethyl adjacent to an activating group) is 1. The van der Waals surface area contributed by atoms with Gasteiger partial charge in [-0.3, -0.25) is 4.79 Å². The van der Waals surface area contributed by atoms with Crippen molar-refractivity contribution in [2.45, 2.75) is 39.7 Å². The van der Waals surface area contributed by atoms with E-state index in [1.807, 2.05) is 25.1 Å². The van der Waals surface area contributed by atoms with Gasteiger partial charge in [0.25, 0.3) is 0 Å². The molecule has 1 atom stereocenters. The molecule has 0 radical (unpaired) electrons. The van der Waals surface area contributed by atoms with Gasteiger partial charge in [0.15, 0.2) is 0 Å². The van der Waals surface area contributed by atoms with Crippen molar-refractivity contribution < 1.29 is 9.53 Å². The summed E-state index contributed by atoms with van der Waals surface area (Å²) in [5.74, 6) is 0.982. The van der Waals surface area contributed by atoms with Crippen molar-refractivity contribution in [2.75, 3.05) is 20.2 Å². The van der Waals surface area contributed by atoms with Crippen molar-refractivity contribution in [1.29, 1.82) is 0 Å². The number of ether oxygens (including phenoxy) is 1. The van der Waals surface area contributed by atoms with Crippen molar-refractivity contribution in [3.63, 3.8) is 0 Å². The molecule has 0 aliphatic rings. The third-order valence-electron chi connectivity index (χ3n) is 3.68. The van der Waals surface area contributed by atoms with E-state index in [-0.39, 0.29) is 24.4 Å². The van der Waals surface area contributed by atoms with Gasteiger partial charge in [-0.15, -0.1) is 12.4 Å². The largest absolute Gasteiger partial charge is 0.494 e. The molecule has 0 saturated carbocycles. The lowest BCUT2D eigenvalue weighted by atomic mass is 10.1. The fraction of sp³-hybridized carbons (Fsp3) is 0.562. The average molecular weight is 315 g/mol. The zero-order valence-electron chi connectivity index (χ0n) is 13.4. The molecule has 5 heteroatoms. The number of nitrogens with zero attached hydrogens (tertiary/aromatic N) is 1. The van der Waals surface area contributed by atoms with Crippen LogP contribution in [0.3, 0.4) is 0 Å². The van der Waals surface area contributed by atoms with Crippen LogP contribution in [0.1, 0.15) is 30.9 Å². The molecule has 120 valence electrons. The topological polar surface area (TPSA) is 55.6 Å². The van der Waals surface area contributed by atoms with Gasteiger partial charge in [-0.25, -0.2) is 0 Å². The first-order valence-electron chi connectivity index (χ1n) is 7.11. The Kier molecular flexibility index (Phi) is 9.06. The Bertz CT molecular complexity index is 452. The first-order chi connectivity index (χ1) is 9.45. The van der Waals surface area contributed by atoms with Crippen LogP contribution in [0.15, 0.2) is 18.2 Å². The molecule has 0 spiro atoms. The van der Waals surface area contributed by atoms with E-state index in [9.17, 15) is 4.79 Å². The van der Waals surface area contributed by atoms with E-state index in [4.69, 9.17) is 10.5 Å². The molecular formula is C16H27ClN2O2. The summed E-state index contributed by atoms with van der Waals surface area (Å²) in [4.78, 5) is 13.6. The van der Waals surface area contributed by atoms with E-state index in [2.05, 4.69) is 13.8 Å². The van der Waals surface area contributed by atoms with Crippen molar-refractivity contribution in [2.24, 2.45) is 5.73 Å². The Morgan fingerprint density at radius 1 is 1.33 bits per heavy atom. The molecule has 1 aromatic rings. The smallest absolute Gasteiger partial charge is 0.222 e. The van der Waals surface area contributed by atoms with Crippen molar-refractivity contribution in [1.82, 2.24) is 4.90 Å². The van der Waals surface area contributed by atoms with Gasteiger partial charge < -0.3 is 15.4 Å². The number of hydrogen-bond acceptors (Lipinski definition) is 3. The maximum absolute atomic E-state index is 11.9. The van der Waals surface area contributed by atoms with Crippen molar-refractivity contribution >= 4 is 18.3 Å². The Morgan fingerprint density at radius 3 is 2.57 bits per heavy atom. The molecule has 21 heavy (non-hydrogen) atoms. The summed E-state index contributed by atoms with van der Waals surface area (Å²) < 4.78 is 5.66. The number of carbonyl (C=O) groups excluding carboxylic acids is 1. The predicted molar refractivity (Wildman–Crippen MR) is 89.2 cm³/mol. The lowest BCUT2D eigenvalue weighted by Crippen LogP contribution is -2.39. The highest BCUT2D eigenvalue weighted by Gasteiger charge is 2.13. The molecule has 0 aromatic heterocycles. The summed E-state index contributed by atoms with van der Waals surface area (Å²) in [5, 5.41) is 0. The van der Waals surface area contributed by atoms with Crippen LogP contribution in [0.5, 0.6) is 5.75 Å². The van der Waals surface area contributed by atoms with E-state index in [1.165, 1.54) is 11.1 Å². The number of carbonyl (C=O) groups is 1. The molecule has 0 heterocycles. The molecule has 1 amide bonds. The lowest BCUT2D eigenvalue weighted by Gasteiger charge is -2.23. The maximum Gasteiger partial charge on any atom is 0.222 e. The minimum absolute atomic E-state index is 0. The van der Waals surface area contributed by atoms with Crippen LogP contribution < -0.4 is 10.5 Å². The monoisotopic (exact) mass is 314 g/mol. The number of halogens is 1. The molecule has 0 aliphatic carbocycles. The van der Waals surface area contributed by atoms with Gasteiger partial charge >= 0.3 is 0 Å². The third kappa shape index (κ3) is 6.36. The molecule has 0 aliphatic heterocycles. The van der Waals surface area contributed by atoms with Crippen LogP contribution in [-0.4, -0.2) is 37.0 Å². The number of nitrogens with two attached hydrogens (primary N) is 1. The van der Waals surface area contributed by atoms with E-state index in [0.717, 1.165) is 5.75 Å². The minimum Gasteiger partial charge on any atom is -0.494 e. The minimum atomic E-state index is 0. The fourth-order valence-electron chi connectivity index (χ4n) is 1.80. The van der Waals surface area contributed by atoms with E-state index in [1.54, 1.807) is 11.9 Å². The summed E-state index contributed by atoms with van der Waals surface area (Å²) in [6.07, 6.45) is 1.21. The lowest BCUT2D eigenvalue weighted by molar-refractivity contribution is -0.131. The SMILES string of the molecule is Cc1ccc(OCCCC(=O)N(C)C(C)CN)cc1C.Cl. The average Bonchev–Trinajstić information content (AvgIpc) is 2.45.